The molecule has 32 heavy (non-hydrogen) atoms. The van der Waals surface area contributed by atoms with Crippen LogP contribution in [0.4, 0.5) is 5.69 Å². The first-order valence-corrected chi connectivity index (χ1v) is 10.7. The molecule has 1 heterocycles. The number of carbonyl (C=O) groups is 3. The van der Waals surface area contributed by atoms with Gasteiger partial charge in [-0.3, -0.25) is 14.4 Å². The number of amides is 3. The number of nitrogens with zero attached hydrogens (tertiary/aromatic N) is 2. The average Bonchev–Trinajstić information content (AvgIpc) is 2.82. The zero-order valence-electron chi connectivity index (χ0n) is 18.5. The highest BCUT2D eigenvalue weighted by Crippen LogP contribution is 2.21. The van der Waals surface area contributed by atoms with Gasteiger partial charge in [-0.05, 0) is 48.7 Å². The molecule has 0 spiro atoms. The summed E-state index contributed by atoms with van der Waals surface area (Å²) >= 11 is 0. The van der Waals surface area contributed by atoms with Crippen LogP contribution in [0, 0.1) is 5.92 Å². The molecular formula is C25H29N3O4. The first kappa shape index (κ1) is 23.1. The Morgan fingerprint density at radius 1 is 1.03 bits per heavy atom. The molecule has 0 atom stereocenters. The highest BCUT2D eigenvalue weighted by Gasteiger charge is 2.26. The van der Waals surface area contributed by atoms with E-state index >= 15 is 0 Å². The molecule has 168 valence electrons. The fourth-order valence-corrected chi connectivity index (χ4v) is 3.35. The van der Waals surface area contributed by atoms with Gasteiger partial charge in [0.15, 0.2) is 6.61 Å². The third-order valence-corrected chi connectivity index (χ3v) is 5.38. The van der Waals surface area contributed by atoms with Gasteiger partial charge >= 0.3 is 0 Å². The second-order valence-corrected chi connectivity index (χ2v) is 7.93. The number of piperidine rings is 1. The van der Waals surface area contributed by atoms with E-state index in [2.05, 4.69) is 5.32 Å². The summed E-state index contributed by atoms with van der Waals surface area (Å²) in [6.45, 7) is 1.09. The minimum Gasteiger partial charge on any atom is -0.484 e. The van der Waals surface area contributed by atoms with Crippen molar-refractivity contribution in [3.63, 3.8) is 0 Å². The highest BCUT2D eigenvalue weighted by atomic mass is 16.5. The number of carbonyl (C=O) groups excluding carboxylic acids is 3. The molecule has 2 aromatic rings. The van der Waals surface area contributed by atoms with E-state index in [1.165, 1.54) is 4.90 Å². The Morgan fingerprint density at radius 2 is 1.69 bits per heavy atom. The lowest BCUT2D eigenvalue weighted by Crippen LogP contribution is -2.40. The summed E-state index contributed by atoms with van der Waals surface area (Å²) in [6.07, 6.45) is 4.66. The van der Waals surface area contributed by atoms with Crippen molar-refractivity contribution in [3.05, 3.63) is 66.2 Å². The minimum absolute atomic E-state index is 0.0312. The molecule has 0 aliphatic carbocycles. The van der Waals surface area contributed by atoms with Gasteiger partial charge in [0.1, 0.15) is 5.75 Å². The number of nitrogens with one attached hydrogen (secondary N) is 1. The lowest BCUT2D eigenvalue weighted by Gasteiger charge is -2.30. The van der Waals surface area contributed by atoms with Crippen LogP contribution in [0.2, 0.25) is 0 Å². The second-order valence-electron chi connectivity index (χ2n) is 7.93. The molecule has 3 amide bonds. The summed E-state index contributed by atoms with van der Waals surface area (Å²) in [5.41, 5.74) is 1.65. The predicted octanol–water partition coefficient (Wildman–Crippen LogP) is 3.04. The van der Waals surface area contributed by atoms with Crippen molar-refractivity contribution in [1.29, 1.82) is 0 Å². The molecule has 0 radical (unpaired) electrons. The fraction of sp³-hybridized carbons (Fsp3) is 0.320. The molecule has 1 aliphatic rings. The Kier molecular flexibility index (Phi) is 8.02. The van der Waals surface area contributed by atoms with Gasteiger partial charge in [-0.2, -0.15) is 0 Å². The molecule has 7 heteroatoms. The molecule has 1 saturated heterocycles. The topological polar surface area (TPSA) is 79.0 Å². The smallest absolute Gasteiger partial charge is 0.259 e. The first-order chi connectivity index (χ1) is 15.4. The quantitative estimate of drug-likeness (QED) is 0.678. The van der Waals surface area contributed by atoms with Crippen LogP contribution in [0.5, 0.6) is 5.75 Å². The van der Waals surface area contributed by atoms with E-state index in [4.69, 9.17) is 4.74 Å². The van der Waals surface area contributed by atoms with Gasteiger partial charge < -0.3 is 19.9 Å². The van der Waals surface area contributed by atoms with Crippen LogP contribution in [0.1, 0.15) is 18.4 Å². The normalized spacial score (nSPS) is 14.2. The molecule has 3 rings (SSSR count). The second kappa shape index (κ2) is 11.1. The van der Waals surface area contributed by atoms with Crippen LogP contribution in [-0.2, 0) is 14.4 Å². The zero-order chi connectivity index (χ0) is 22.9. The van der Waals surface area contributed by atoms with Gasteiger partial charge in [-0.15, -0.1) is 0 Å². The van der Waals surface area contributed by atoms with Gasteiger partial charge in [0.2, 0.25) is 11.8 Å². The van der Waals surface area contributed by atoms with E-state index in [1.54, 1.807) is 49.3 Å². The number of hydrogen-bond donors (Lipinski definition) is 1. The van der Waals surface area contributed by atoms with Gasteiger partial charge in [-0.25, -0.2) is 0 Å². The number of hydrogen-bond acceptors (Lipinski definition) is 4. The summed E-state index contributed by atoms with van der Waals surface area (Å²) in [5, 5.41) is 2.93. The molecule has 1 N–H and O–H groups in total. The molecule has 1 aliphatic heterocycles. The van der Waals surface area contributed by atoms with Crippen molar-refractivity contribution in [1.82, 2.24) is 9.80 Å². The van der Waals surface area contributed by atoms with Crippen molar-refractivity contribution < 1.29 is 19.1 Å². The Hall–Kier alpha value is -3.61. The van der Waals surface area contributed by atoms with Crippen molar-refractivity contribution in [2.45, 2.75) is 12.8 Å². The maximum atomic E-state index is 12.6. The summed E-state index contributed by atoms with van der Waals surface area (Å²) in [5.74, 6) is 0.228. The Morgan fingerprint density at radius 3 is 2.31 bits per heavy atom. The lowest BCUT2D eigenvalue weighted by atomic mass is 9.95. The van der Waals surface area contributed by atoms with Gasteiger partial charge in [0.05, 0.1) is 0 Å². The number of likely N-dealkylation sites (N-methyl/N-ethyl adjacent to an activating group) is 1. The lowest BCUT2D eigenvalue weighted by molar-refractivity contribution is -0.130. The van der Waals surface area contributed by atoms with Crippen molar-refractivity contribution in [3.8, 4) is 5.75 Å². The van der Waals surface area contributed by atoms with Gasteiger partial charge in [0.25, 0.3) is 5.91 Å². The molecule has 1 fully saturated rings. The van der Waals surface area contributed by atoms with Crippen LogP contribution in [0.3, 0.4) is 0 Å². The van der Waals surface area contributed by atoms with Crippen LogP contribution >= 0.6 is 0 Å². The molecule has 0 bridgehead atoms. The summed E-state index contributed by atoms with van der Waals surface area (Å²) in [6, 6.07) is 16.6. The number of ether oxygens (including phenoxy) is 1. The SMILES string of the molecule is CN(C)C(=O)COc1ccc(NC(=O)C2CCN(C(=O)/C=C/c3ccccc3)CC2)cc1. The number of anilines is 1. The van der Waals surface area contributed by atoms with Crippen molar-refractivity contribution in [2.75, 3.05) is 39.1 Å². The van der Waals surface area contributed by atoms with E-state index in [0.29, 0.717) is 37.4 Å². The molecule has 0 saturated carbocycles. The predicted molar refractivity (Wildman–Crippen MR) is 124 cm³/mol. The maximum absolute atomic E-state index is 12.6. The number of likely N-dealkylation sites (tertiary alicyclic amines) is 1. The average molecular weight is 436 g/mol. The van der Waals surface area contributed by atoms with E-state index in [0.717, 1.165) is 5.56 Å². The van der Waals surface area contributed by atoms with E-state index in [1.807, 2.05) is 36.4 Å². The third kappa shape index (κ3) is 6.70. The van der Waals surface area contributed by atoms with Gasteiger partial charge in [0, 0.05) is 44.9 Å². The first-order valence-electron chi connectivity index (χ1n) is 10.7. The molecule has 2 aromatic carbocycles. The third-order valence-electron chi connectivity index (χ3n) is 5.38. The fourth-order valence-electron chi connectivity index (χ4n) is 3.35. The van der Waals surface area contributed by atoms with E-state index in [9.17, 15) is 14.4 Å². The molecular weight excluding hydrogens is 406 g/mol. The molecule has 7 nitrogen and oxygen atoms in total. The monoisotopic (exact) mass is 435 g/mol. The number of rotatable bonds is 7. The summed E-state index contributed by atoms with van der Waals surface area (Å²) in [4.78, 5) is 39.9. The van der Waals surface area contributed by atoms with Crippen LogP contribution in [-0.4, -0.2) is 61.3 Å². The zero-order valence-corrected chi connectivity index (χ0v) is 18.5. The van der Waals surface area contributed by atoms with Crippen LogP contribution < -0.4 is 10.1 Å². The van der Waals surface area contributed by atoms with Crippen molar-refractivity contribution in [2.24, 2.45) is 5.92 Å². The maximum Gasteiger partial charge on any atom is 0.259 e. The molecule has 0 unspecified atom stereocenters. The Labute approximate surface area is 188 Å². The highest BCUT2D eigenvalue weighted by molar-refractivity contribution is 5.94. The van der Waals surface area contributed by atoms with E-state index < -0.39 is 0 Å². The number of benzene rings is 2. The Balaban J connectivity index is 1.43. The van der Waals surface area contributed by atoms with Gasteiger partial charge in [-0.1, -0.05) is 30.3 Å². The van der Waals surface area contributed by atoms with Crippen LogP contribution in [0.15, 0.2) is 60.7 Å². The Bertz CT molecular complexity index is 947. The van der Waals surface area contributed by atoms with E-state index in [-0.39, 0.29) is 30.2 Å². The minimum atomic E-state index is -0.134. The van der Waals surface area contributed by atoms with Crippen LogP contribution in [0.25, 0.3) is 6.08 Å². The molecule has 0 aromatic heterocycles. The summed E-state index contributed by atoms with van der Waals surface area (Å²) < 4.78 is 5.44. The standard InChI is InChI=1S/C25H29N3O4/c1-27(2)24(30)18-32-22-11-9-21(10-12-22)26-25(31)20-14-16-28(17-15-20)23(29)13-8-19-6-4-3-5-7-19/h3-13,20H,14-18H2,1-2H3,(H,26,31)/b13-8+. The summed E-state index contributed by atoms with van der Waals surface area (Å²) in [7, 11) is 3.35. The largest absolute Gasteiger partial charge is 0.484 e. The van der Waals surface area contributed by atoms with Crippen molar-refractivity contribution >= 4 is 29.5 Å².